The minimum absolute atomic E-state index is 0.207. The van der Waals surface area contributed by atoms with Crippen LogP contribution in [0.15, 0.2) is 42.7 Å². The monoisotopic (exact) mass is 259 g/mol. The van der Waals surface area contributed by atoms with Crippen molar-refractivity contribution in [2.24, 2.45) is 0 Å². The molecule has 0 fully saturated rings. The third-order valence-electron chi connectivity index (χ3n) is 3.04. The Morgan fingerprint density at radius 2 is 2.16 bits per heavy atom. The first-order valence-electron chi connectivity index (χ1n) is 6.75. The van der Waals surface area contributed by atoms with Crippen molar-refractivity contribution < 1.29 is 5.11 Å². The SMILES string of the molecule is CCCN(CCO)Cc1cccc(-n2cccn2)c1. The summed E-state index contributed by atoms with van der Waals surface area (Å²) in [7, 11) is 0. The molecule has 2 aromatic rings. The van der Waals surface area contributed by atoms with Gasteiger partial charge < -0.3 is 5.11 Å². The van der Waals surface area contributed by atoms with E-state index < -0.39 is 0 Å². The number of aliphatic hydroxyl groups is 1. The van der Waals surface area contributed by atoms with Gasteiger partial charge >= 0.3 is 0 Å². The fourth-order valence-corrected chi connectivity index (χ4v) is 2.20. The van der Waals surface area contributed by atoms with Crippen LogP contribution in [-0.4, -0.2) is 39.5 Å². The number of hydrogen-bond acceptors (Lipinski definition) is 3. The van der Waals surface area contributed by atoms with E-state index in [0.717, 1.165) is 31.7 Å². The van der Waals surface area contributed by atoms with E-state index in [0.29, 0.717) is 0 Å². The Hall–Kier alpha value is -1.65. The van der Waals surface area contributed by atoms with Gasteiger partial charge in [-0.05, 0) is 36.7 Å². The largest absolute Gasteiger partial charge is 0.395 e. The van der Waals surface area contributed by atoms with Crippen molar-refractivity contribution >= 4 is 0 Å². The van der Waals surface area contributed by atoms with Crippen LogP contribution in [0.1, 0.15) is 18.9 Å². The van der Waals surface area contributed by atoms with E-state index in [-0.39, 0.29) is 6.61 Å². The number of aliphatic hydroxyl groups excluding tert-OH is 1. The summed E-state index contributed by atoms with van der Waals surface area (Å²) in [4.78, 5) is 2.27. The molecular formula is C15H21N3O. The van der Waals surface area contributed by atoms with Crippen molar-refractivity contribution in [3.05, 3.63) is 48.3 Å². The van der Waals surface area contributed by atoms with Gasteiger partial charge in [0.25, 0.3) is 0 Å². The Bertz CT molecular complexity index is 476. The zero-order chi connectivity index (χ0) is 13.5. The van der Waals surface area contributed by atoms with Crippen LogP contribution < -0.4 is 0 Å². The van der Waals surface area contributed by atoms with E-state index in [2.05, 4.69) is 35.1 Å². The summed E-state index contributed by atoms with van der Waals surface area (Å²) in [6.45, 7) is 4.96. The molecule has 0 spiro atoms. The first-order chi connectivity index (χ1) is 9.33. The van der Waals surface area contributed by atoms with Gasteiger partial charge in [-0.1, -0.05) is 19.1 Å². The molecule has 0 saturated carbocycles. The molecule has 1 aromatic heterocycles. The number of rotatable bonds is 7. The highest BCUT2D eigenvalue weighted by molar-refractivity contribution is 5.34. The second kappa shape index (κ2) is 7.07. The van der Waals surface area contributed by atoms with Crippen LogP contribution in [0.2, 0.25) is 0 Å². The van der Waals surface area contributed by atoms with Crippen molar-refractivity contribution in [1.82, 2.24) is 14.7 Å². The molecule has 0 aliphatic rings. The van der Waals surface area contributed by atoms with Crippen molar-refractivity contribution in [3.8, 4) is 5.69 Å². The predicted octanol–water partition coefficient (Wildman–Crippen LogP) is 2.08. The molecule has 0 saturated heterocycles. The standard InChI is InChI=1S/C15H21N3O/c1-2-8-17(10-11-19)13-14-5-3-6-15(12-14)18-9-4-7-16-18/h3-7,9,12,19H,2,8,10-11,13H2,1H3. The average Bonchev–Trinajstić information content (AvgIpc) is 2.93. The van der Waals surface area contributed by atoms with E-state index in [1.54, 1.807) is 6.20 Å². The summed E-state index contributed by atoms with van der Waals surface area (Å²) in [5.41, 5.74) is 2.32. The first-order valence-corrected chi connectivity index (χ1v) is 6.75. The Labute approximate surface area is 114 Å². The molecule has 19 heavy (non-hydrogen) atoms. The maximum atomic E-state index is 9.09. The van der Waals surface area contributed by atoms with Gasteiger partial charge in [0, 0.05) is 25.5 Å². The molecule has 0 aliphatic heterocycles. The van der Waals surface area contributed by atoms with Crippen LogP contribution >= 0.6 is 0 Å². The van der Waals surface area contributed by atoms with Crippen LogP contribution in [0.25, 0.3) is 5.69 Å². The van der Waals surface area contributed by atoms with Crippen molar-refractivity contribution in [3.63, 3.8) is 0 Å². The molecule has 0 unspecified atom stereocenters. The minimum atomic E-state index is 0.207. The highest BCUT2D eigenvalue weighted by atomic mass is 16.3. The molecule has 1 aromatic carbocycles. The normalized spacial score (nSPS) is 11.1. The Kier molecular flexibility index (Phi) is 5.12. The zero-order valence-corrected chi connectivity index (χ0v) is 11.4. The van der Waals surface area contributed by atoms with E-state index in [4.69, 9.17) is 5.11 Å². The van der Waals surface area contributed by atoms with Gasteiger partial charge in [-0.3, -0.25) is 4.90 Å². The lowest BCUT2D eigenvalue weighted by Gasteiger charge is -2.20. The number of hydrogen-bond donors (Lipinski definition) is 1. The summed E-state index contributed by atoms with van der Waals surface area (Å²) in [5, 5.41) is 13.3. The van der Waals surface area contributed by atoms with Gasteiger partial charge in [-0.25, -0.2) is 4.68 Å². The van der Waals surface area contributed by atoms with Crippen LogP contribution in [0.3, 0.4) is 0 Å². The van der Waals surface area contributed by atoms with E-state index in [1.807, 2.05) is 23.0 Å². The van der Waals surface area contributed by atoms with Gasteiger partial charge in [0.1, 0.15) is 0 Å². The van der Waals surface area contributed by atoms with Crippen molar-refractivity contribution in [1.29, 1.82) is 0 Å². The fourth-order valence-electron chi connectivity index (χ4n) is 2.20. The molecule has 1 heterocycles. The lowest BCUT2D eigenvalue weighted by molar-refractivity contribution is 0.190. The lowest BCUT2D eigenvalue weighted by atomic mass is 10.2. The molecule has 102 valence electrons. The second-order valence-electron chi connectivity index (χ2n) is 4.62. The Balaban J connectivity index is 2.10. The quantitative estimate of drug-likeness (QED) is 0.827. The van der Waals surface area contributed by atoms with E-state index in [9.17, 15) is 0 Å². The minimum Gasteiger partial charge on any atom is -0.395 e. The summed E-state index contributed by atoms with van der Waals surface area (Å²) in [6, 6.07) is 10.3. The molecular weight excluding hydrogens is 238 g/mol. The van der Waals surface area contributed by atoms with Gasteiger partial charge in [-0.15, -0.1) is 0 Å². The van der Waals surface area contributed by atoms with Crippen LogP contribution in [0.4, 0.5) is 0 Å². The zero-order valence-electron chi connectivity index (χ0n) is 11.4. The molecule has 0 atom stereocenters. The predicted molar refractivity (Wildman–Crippen MR) is 76.2 cm³/mol. The van der Waals surface area contributed by atoms with E-state index >= 15 is 0 Å². The smallest absolute Gasteiger partial charge is 0.0648 e. The fraction of sp³-hybridized carbons (Fsp3) is 0.400. The molecule has 0 bridgehead atoms. The van der Waals surface area contributed by atoms with Crippen molar-refractivity contribution in [2.45, 2.75) is 19.9 Å². The summed E-state index contributed by atoms with van der Waals surface area (Å²) in [5.74, 6) is 0. The third-order valence-corrected chi connectivity index (χ3v) is 3.04. The number of aromatic nitrogens is 2. The summed E-state index contributed by atoms with van der Waals surface area (Å²) >= 11 is 0. The molecule has 0 radical (unpaired) electrons. The Morgan fingerprint density at radius 1 is 1.26 bits per heavy atom. The van der Waals surface area contributed by atoms with Crippen molar-refractivity contribution in [2.75, 3.05) is 19.7 Å². The molecule has 0 aliphatic carbocycles. The highest BCUT2D eigenvalue weighted by Gasteiger charge is 2.05. The maximum Gasteiger partial charge on any atom is 0.0648 e. The first kappa shape index (κ1) is 13.8. The maximum absolute atomic E-state index is 9.09. The van der Waals surface area contributed by atoms with Gasteiger partial charge in [0.05, 0.1) is 12.3 Å². The van der Waals surface area contributed by atoms with Crippen LogP contribution in [0, 0.1) is 0 Å². The number of benzene rings is 1. The highest BCUT2D eigenvalue weighted by Crippen LogP contribution is 2.12. The lowest BCUT2D eigenvalue weighted by Crippen LogP contribution is -2.27. The summed E-state index contributed by atoms with van der Waals surface area (Å²) < 4.78 is 1.86. The van der Waals surface area contributed by atoms with E-state index in [1.165, 1.54) is 5.56 Å². The third kappa shape index (κ3) is 3.91. The van der Waals surface area contributed by atoms with Gasteiger partial charge in [0.2, 0.25) is 0 Å². The second-order valence-corrected chi connectivity index (χ2v) is 4.62. The topological polar surface area (TPSA) is 41.3 Å². The van der Waals surface area contributed by atoms with Crippen LogP contribution in [-0.2, 0) is 6.54 Å². The molecule has 4 nitrogen and oxygen atoms in total. The molecule has 1 N–H and O–H groups in total. The molecule has 2 rings (SSSR count). The summed E-state index contributed by atoms with van der Waals surface area (Å²) in [6.07, 6.45) is 4.82. The number of nitrogens with zero attached hydrogens (tertiary/aromatic N) is 3. The Morgan fingerprint density at radius 3 is 2.84 bits per heavy atom. The van der Waals surface area contributed by atoms with Gasteiger partial charge in [0.15, 0.2) is 0 Å². The van der Waals surface area contributed by atoms with Gasteiger partial charge in [-0.2, -0.15) is 5.10 Å². The molecule has 4 heteroatoms. The average molecular weight is 259 g/mol. The van der Waals surface area contributed by atoms with Crippen LogP contribution in [0.5, 0.6) is 0 Å². The molecule has 0 amide bonds.